The van der Waals surface area contributed by atoms with Crippen LogP contribution in [-0.2, 0) is 6.18 Å². The number of para-hydroxylation sites is 1. The smallest absolute Gasteiger partial charge is 0.416 e. The average Bonchev–Trinajstić information content (AvgIpc) is 2.43. The van der Waals surface area contributed by atoms with Crippen LogP contribution in [0.25, 0.3) is 0 Å². The van der Waals surface area contributed by atoms with Crippen LogP contribution in [0.1, 0.15) is 16.7 Å². The van der Waals surface area contributed by atoms with Gasteiger partial charge in [0.25, 0.3) is 0 Å². The molecule has 3 nitrogen and oxygen atoms in total. The quantitative estimate of drug-likeness (QED) is 0.841. The van der Waals surface area contributed by atoms with Gasteiger partial charge in [-0.05, 0) is 36.8 Å². The van der Waals surface area contributed by atoms with Crippen molar-refractivity contribution in [3.05, 3.63) is 53.1 Å². The molecule has 0 heterocycles. The molecule has 108 valence electrons. The molecular weight excluding hydrogens is 281 g/mol. The molecule has 0 aromatic heterocycles. The van der Waals surface area contributed by atoms with E-state index in [0.29, 0.717) is 11.4 Å². The number of nitrogen functional groups attached to an aromatic ring is 1. The highest BCUT2D eigenvalue weighted by molar-refractivity contribution is 5.60. The molecule has 0 saturated heterocycles. The Morgan fingerprint density at radius 1 is 1.14 bits per heavy atom. The number of rotatable bonds is 2. The second kappa shape index (κ2) is 5.37. The fourth-order valence-corrected chi connectivity index (χ4v) is 1.74. The molecule has 2 rings (SSSR count). The number of aryl methyl sites for hydroxylation is 1. The van der Waals surface area contributed by atoms with Crippen LogP contribution < -0.4 is 10.5 Å². The fraction of sp³-hybridized carbons (Fsp3) is 0.133. The van der Waals surface area contributed by atoms with Crippen molar-refractivity contribution in [2.75, 3.05) is 5.73 Å². The molecule has 6 heteroatoms. The Morgan fingerprint density at radius 2 is 1.86 bits per heavy atom. The Kier molecular flexibility index (Phi) is 3.76. The molecule has 2 N–H and O–H groups in total. The fourth-order valence-electron chi connectivity index (χ4n) is 1.74. The molecule has 0 unspecified atom stereocenters. The number of anilines is 1. The van der Waals surface area contributed by atoms with Gasteiger partial charge in [0.05, 0.1) is 16.8 Å². The van der Waals surface area contributed by atoms with Crippen LogP contribution in [0.2, 0.25) is 0 Å². The second-order valence-corrected chi connectivity index (χ2v) is 4.41. The Labute approximate surface area is 119 Å². The lowest BCUT2D eigenvalue weighted by molar-refractivity contribution is -0.137. The maximum absolute atomic E-state index is 12.6. The number of benzene rings is 2. The second-order valence-electron chi connectivity index (χ2n) is 4.41. The zero-order valence-corrected chi connectivity index (χ0v) is 11.0. The highest BCUT2D eigenvalue weighted by atomic mass is 19.4. The molecule has 2 aromatic carbocycles. The summed E-state index contributed by atoms with van der Waals surface area (Å²) in [6.45, 7) is 1.78. The minimum Gasteiger partial charge on any atom is -0.454 e. The first-order valence-electron chi connectivity index (χ1n) is 5.97. The molecule has 0 fully saturated rings. The topological polar surface area (TPSA) is 59.0 Å². The van der Waals surface area contributed by atoms with Crippen molar-refractivity contribution in [2.24, 2.45) is 0 Å². The number of halogens is 3. The molecule has 0 saturated carbocycles. The summed E-state index contributed by atoms with van der Waals surface area (Å²) in [5.41, 5.74) is 5.88. The van der Waals surface area contributed by atoms with E-state index in [-0.39, 0.29) is 11.3 Å². The summed E-state index contributed by atoms with van der Waals surface area (Å²) in [6.07, 6.45) is -4.51. The third-order valence-corrected chi connectivity index (χ3v) is 2.93. The van der Waals surface area contributed by atoms with Gasteiger partial charge in [-0.2, -0.15) is 18.4 Å². The number of hydrogen-bond donors (Lipinski definition) is 1. The number of nitriles is 1. The van der Waals surface area contributed by atoms with Crippen molar-refractivity contribution in [3.63, 3.8) is 0 Å². The Bertz CT molecular complexity index is 718. The van der Waals surface area contributed by atoms with Gasteiger partial charge in [0.15, 0.2) is 5.75 Å². The van der Waals surface area contributed by atoms with E-state index in [0.717, 1.165) is 23.8 Å². The maximum Gasteiger partial charge on any atom is 0.416 e. The number of nitrogens with zero attached hydrogens (tertiary/aromatic N) is 1. The van der Waals surface area contributed by atoms with Crippen LogP contribution in [0.15, 0.2) is 36.4 Å². The zero-order valence-electron chi connectivity index (χ0n) is 11.0. The highest BCUT2D eigenvalue weighted by Gasteiger charge is 2.31. The van der Waals surface area contributed by atoms with Gasteiger partial charge in [0, 0.05) is 0 Å². The van der Waals surface area contributed by atoms with Crippen molar-refractivity contribution in [2.45, 2.75) is 13.1 Å². The predicted molar refractivity (Wildman–Crippen MR) is 71.8 cm³/mol. The van der Waals surface area contributed by atoms with E-state index in [4.69, 9.17) is 15.7 Å². The maximum atomic E-state index is 12.6. The van der Waals surface area contributed by atoms with Crippen LogP contribution in [0.3, 0.4) is 0 Å². The summed E-state index contributed by atoms with van der Waals surface area (Å²) >= 11 is 0. The highest BCUT2D eigenvalue weighted by Crippen LogP contribution is 2.35. The molecule has 2 aromatic rings. The molecule has 0 aliphatic carbocycles. The summed E-state index contributed by atoms with van der Waals surface area (Å²) in [7, 11) is 0. The van der Waals surface area contributed by atoms with Gasteiger partial charge in [-0.25, -0.2) is 0 Å². The molecule has 21 heavy (non-hydrogen) atoms. The van der Waals surface area contributed by atoms with Crippen LogP contribution in [0.5, 0.6) is 11.5 Å². The van der Waals surface area contributed by atoms with Gasteiger partial charge in [-0.1, -0.05) is 12.1 Å². The van der Waals surface area contributed by atoms with E-state index in [9.17, 15) is 13.2 Å². The summed E-state index contributed by atoms with van der Waals surface area (Å²) in [4.78, 5) is 0. The van der Waals surface area contributed by atoms with Crippen LogP contribution in [0, 0.1) is 18.3 Å². The van der Waals surface area contributed by atoms with Crippen LogP contribution in [0.4, 0.5) is 18.9 Å². The standard InChI is InChI=1S/C15H11F3N2O/c1-9-3-2-4-13(14(9)20)21-12-6-5-11(15(16,17)18)7-10(12)8-19/h2-7H,20H2,1H3. The predicted octanol–water partition coefficient (Wildman–Crippen LogP) is 4.26. The minimum absolute atomic E-state index is 0.0304. The van der Waals surface area contributed by atoms with E-state index in [1.165, 1.54) is 0 Å². The van der Waals surface area contributed by atoms with E-state index in [2.05, 4.69) is 0 Å². The van der Waals surface area contributed by atoms with E-state index in [1.54, 1.807) is 31.2 Å². The molecule has 0 aliphatic rings. The van der Waals surface area contributed by atoms with Crippen molar-refractivity contribution >= 4 is 5.69 Å². The lowest BCUT2D eigenvalue weighted by Crippen LogP contribution is -2.05. The number of hydrogen-bond acceptors (Lipinski definition) is 3. The summed E-state index contributed by atoms with van der Waals surface area (Å²) in [5, 5.41) is 8.98. The lowest BCUT2D eigenvalue weighted by atomic mass is 10.1. The van der Waals surface area contributed by atoms with Gasteiger partial charge < -0.3 is 10.5 Å². The summed E-state index contributed by atoms with van der Waals surface area (Å²) in [5.74, 6) is 0.328. The first-order chi connectivity index (χ1) is 9.82. The normalized spacial score (nSPS) is 11.0. The average molecular weight is 292 g/mol. The summed E-state index contributed by atoms with van der Waals surface area (Å²) in [6, 6.07) is 9.49. The van der Waals surface area contributed by atoms with Gasteiger partial charge >= 0.3 is 6.18 Å². The molecule has 0 radical (unpaired) electrons. The number of nitrogens with two attached hydrogens (primary N) is 1. The van der Waals surface area contributed by atoms with Crippen molar-refractivity contribution in [1.29, 1.82) is 5.26 Å². The van der Waals surface area contributed by atoms with E-state index >= 15 is 0 Å². The SMILES string of the molecule is Cc1cccc(Oc2ccc(C(F)(F)F)cc2C#N)c1N. The largest absolute Gasteiger partial charge is 0.454 e. The van der Waals surface area contributed by atoms with Crippen LogP contribution in [-0.4, -0.2) is 0 Å². The van der Waals surface area contributed by atoms with Crippen molar-refractivity contribution in [1.82, 2.24) is 0 Å². The molecule has 0 bridgehead atoms. The van der Waals surface area contributed by atoms with Crippen molar-refractivity contribution in [3.8, 4) is 17.6 Å². The summed E-state index contributed by atoms with van der Waals surface area (Å²) < 4.78 is 43.3. The third-order valence-electron chi connectivity index (χ3n) is 2.93. The number of alkyl halides is 3. The van der Waals surface area contributed by atoms with Gasteiger partial charge in [-0.15, -0.1) is 0 Å². The van der Waals surface area contributed by atoms with Crippen molar-refractivity contribution < 1.29 is 17.9 Å². The molecule has 0 amide bonds. The Hall–Kier alpha value is -2.68. The van der Waals surface area contributed by atoms with Gasteiger partial charge in [0.1, 0.15) is 11.8 Å². The Morgan fingerprint density at radius 3 is 2.48 bits per heavy atom. The van der Waals surface area contributed by atoms with E-state index < -0.39 is 11.7 Å². The molecule has 0 atom stereocenters. The van der Waals surface area contributed by atoms with Crippen LogP contribution >= 0.6 is 0 Å². The molecule has 0 aliphatic heterocycles. The third kappa shape index (κ3) is 3.08. The van der Waals surface area contributed by atoms with Gasteiger partial charge in [0.2, 0.25) is 0 Å². The molecular formula is C15H11F3N2O. The molecule has 0 spiro atoms. The monoisotopic (exact) mass is 292 g/mol. The number of ether oxygens (including phenoxy) is 1. The van der Waals surface area contributed by atoms with E-state index in [1.807, 2.05) is 0 Å². The minimum atomic E-state index is -4.51. The first-order valence-corrected chi connectivity index (χ1v) is 5.97. The lowest BCUT2D eigenvalue weighted by Gasteiger charge is -2.13. The first kappa shape index (κ1) is 14.7. The Balaban J connectivity index is 2.42. The zero-order chi connectivity index (χ0) is 15.6. The van der Waals surface area contributed by atoms with Gasteiger partial charge in [-0.3, -0.25) is 0 Å².